The Morgan fingerprint density at radius 2 is 1.28 bits per heavy atom. The molecule has 1 nitrogen and oxygen atoms in total. The van der Waals surface area contributed by atoms with Gasteiger partial charge in [0.1, 0.15) is 0 Å². The van der Waals surface area contributed by atoms with E-state index in [1.807, 2.05) is 97.1 Å². The number of hydrogen-bond donors (Lipinski definition) is 0. The SMILES string of the molecule is O=C(/C(=C/C=C/c1ccccc1)[Se]c1ccccc1)c1ccccc1. The van der Waals surface area contributed by atoms with E-state index >= 15 is 0 Å². The molecule has 0 spiro atoms. The fourth-order valence-electron chi connectivity index (χ4n) is 2.31. The summed E-state index contributed by atoms with van der Waals surface area (Å²) in [5, 5.41) is 0. The van der Waals surface area contributed by atoms with E-state index in [1.165, 1.54) is 4.46 Å². The number of allylic oxidation sites excluding steroid dienone is 3. The van der Waals surface area contributed by atoms with Gasteiger partial charge in [-0.3, -0.25) is 0 Å². The summed E-state index contributed by atoms with van der Waals surface area (Å²) in [5.41, 5.74) is 1.86. The summed E-state index contributed by atoms with van der Waals surface area (Å²) < 4.78 is 2.04. The number of carbonyl (C=O) groups is 1. The molecule has 0 heterocycles. The van der Waals surface area contributed by atoms with Crippen molar-refractivity contribution in [3.05, 3.63) is 119 Å². The first kappa shape index (κ1) is 17.2. The van der Waals surface area contributed by atoms with Crippen LogP contribution in [0.5, 0.6) is 0 Å². The number of carbonyl (C=O) groups excluding carboxylic acids is 1. The van der Waals surface area contributed by atoms with Crippen LogP contribution in [0.2, 0.25) is 0 Å². The van der Waals surface area contributed by atoms with E-state index in [0.29, 0.717) is 0 Å². The average molecular weight is 389 g/mol. The van der Waals surface area contributed by atoms with Gasteiger partial charge in [-0.1, -0.05) is 0 Å². The number of hydrogen-bond acceptors (Lipinski definition) is 1. The van der Waals surface area contributed by atoms with Crippen LogP contribution in [0.3, 0.4) is 0 Å². The van der Waals surface area contributed by atoms with Crippen LogP contribution in [0.25, 0.3) is 6.08 Å². The average Bonchev–Trinajstić information content (AvgIpc) is 2.69. The Morgan fingerprint density at radius 1 is 0.720 bits per heavy atom. The maximum atomic E-state index is 12.9. The third-order valence-corrected chi connectivity index (χ3v) is 5.77. The van der Waals surface area contributed by atoms with Gasteiger partial charge in [0.15, 0.2) is 0 Å². The van der Waals surface area contributed by atoms with Crippen LogP contribution in [-0.4, -0.2) is 20.7 Å². The molecule has 0 saturated heterocycles. The normalized spacial score (nSPS) is 11.6. The van der Waals surface area contributed by atoms with Crippen molar-refractivity contribution in [2.75, 3.05) is 0 Å². The van der Waals surface area contributed by atoms with E-state index in [0.717, 1.165) is 15.6 Å². The third kappa shape index (κ3) is 5.15. The number of Topliss-reactive ketones (excluding diaryl/α,β-unsaturated/α-hetero) is 1. The van der Waals surface area contributed by atoms with Crippen LogP contribution in [0.15, 0.2) is 108 Å². The summed E-state index contributed by atoms with van der Waals surface area (Å²) >= 11 is -0.0325. The van der Waals surface area contributed by atoms with Crippen molar-refractivity contribution >= 4 is 31.3 Å². The Balaban J connectivity index is 1.87. The Labute approximate surface area is 154 Å². The molecule has 25 heavy (non-hydrogen) atoms. The van der Waals surface area contributed by atoms with Gasteiger partial charge < -0.3 is 0 Å². The fourth-order valence-corrected chi connectivity index (χ4v) is 4.21. The molecule has 3 aromatic carbocycles. The molecule has 3 aromatic rings. The summed E-state index contributed by atoms with van der Waals surface area (Å²) in [5.74, 6) is 0.0992. The van der Waals surface area contributed by atoms with Crippen LogP contribution >= 0.6 is 0 Å². The number of rotatable bonds is 6. The van der Waals surface area contributed by atoms with Crippen molar-refractivity contribution in [1.29, 1.82) is 0 Å². The monoisotopic (exact) mass is 390 g/mol. The van der Waals surface area contributed by atoms with Crippen molar-refractivity contribution in [3.8, 4) is 0 Å². The van der Waals surface area contributed by atoms with Gasteiger partial charge in [-0.2, -0.15) is 0 Å². The molecule has 0 fully saturated rings. The zero-order valence-corrected chi connectivity index (χ0v) is 15.4. The molecule has 122 valence electrons. The van der Waals surface area contributed by atoms with Crippen molar-refractivity contribution in [2.24, 2.45) is 0 Å². The van der Waals surface area contributed by atoms with E-state index in [4.69, 9.17) is 0 Å². The van der Waals surface area contributed by atoms with Gasteiger partial charge in [0, 0.05) is 0 Å². The molecule has 0 aliphatic heterocycles. The third-order valence-electron chi connectivity index (χ3n) is 3.57. The molecule has 0 N–H and O–H groups in total. The predicted molar refractivity (Wildman–Crippen MR) is 106 cm³/mol. The van der Waals surface area contributed by atoms with Crippen LogP contribution in [0.4, 0.5) is 0 Å². The van der Waals surface area contributed by atoms with Crippen LogP contribution in [0, 0.1) is 0 Å². The molecule has 0 unspecified atom stereocenters. The van der Waals surface area contributed by atoms with Crippen LogP contribution in [-0.2, 0) is 0 Å². The van der Waals surface area contributed by atoms with E-state index in [1.54, 1.807) is 0 Å². The Bertz CT molecular complexity index is 866. The first-order valence-corrected chi connectivity index (χ1v) is 9.80. The van der Waals surface area contributed by atoms with Gasteiger partial charge in [-0.15, -0.1) is 0 Å². The quantitative estimate of drug-likeness (QED) is 0.263. The van der Waals surface area contributed by atoms with Crippen molar-refractivity contribution in [2.45, 2.75) is 0 Å². The molecule has 0 aliphatic carbocycles. The second-order valence-electron chi connectivity index (χ2n) is 5.41. The zero-order valence-electron chi connectivity index (χ0n) is 13.7. The van der Waals surface area contributed by atoms with E-state index in [9.17, 15) is 4.79 Å². The van der Waals surface area contributed by atoms with Gasteiger partial charge in [0.25, 0.3) is 0 Å². The number of ketones is 1. The molecule has 3 rings (SSSR count). The van der Waals surface area contributed by atoms with Crippen molar-refractivity contribution < 1.29 is 4.79 Å². The van der Waals surface area contributed by atoms with Crippen LogP contribution in [0.1, 0.15) is 15.9 Å². The van der Waals surface area contributed by atoms with Crippen LogP contribution < -0.4 is 4.46 Å². The Kier molecular flexibility index (Phi) is 6.17. The van der Waals surface area contributed by atoms with E-state index in [-0.39, 0.29) is 20.7 Å². The molecule has 0 saturated carbocycles. The molecule has 0 amide bonds. The minimum atomic E-state index is -0.0325. The Hall–Kier alpha value is -2.67. The summed E-state index contributed by atoms with van der Waals surface area (Å²) in [7, 11) is 0. The van der Waals surface area contributed by atoms with Gasteiger partial charge in [0.2, 0.25) is 0 Å². The van der Waals surface area contributed by atoms with Crippen molar-refractivity contribution in [1.82, 2.24) is 0 Å². The molecular weight excluding hydrogens is 371 g/mol. The fraction of sp³-hybridized carbons (Fsp3) is 0. The summed E-state index contributed by atoms with van der Waals surface area (Å²) in [6, 6.07) is 29.8. The van der Waals surface area contributed by atoms with Gasteiger partial charge in [-0.25, -0.2) is 0 Å². The van der Waals surface area contributed by atoms with E-state index < -0.39 is 0 Å². The van der Waals surface area contributed by atoms with Gasteiger partial charge in [-0.05, 0) is 0 Å². The summed E-state index contributed by atoms with van der Waals surface area (Å²) in [6.07, 6.45) is 5.95. The number of benzene rings is 3. The molecule has 0 aliphatic rings. The minimum absolute atomic E-state index is 0.0325. The van der Waals surface area contributed by atoms with Gasteiger partial charge in [0.05, 0.1) is 0 Å². The zero-order chi connectivity index (χ0) is 17.3. The summed E-state index contributed by atoms with van der Waals surface area (Å²) in [4.78, 5) is 12.9. The van der Waals surface area contributed by atoms with Gasteiger partial charge >= 0.3 is 155 Å². The van der Waals surface area contributed by atoms with E-state index in [2.05, 4.69) is 12.1 Å². The maximum absolute atomic E-state index is 12.9. The second kappa shape index (κ2) is 8.98. The first-order chi connectivity index (χ1) is 12.3. The predicted octanol–water partition coefficient (Wildman–Crippen LogP) is 4.50. The molecule has 0 aromatic heterocycles. The molecular formula is C23H18OSe. The standard InChI is InChI=1S/C23H18OSe/c24-23(20-14-6-2-7-15-20)22(25-21-16-8-3-9-17-21)18-10-13-19-11-4-1-5-12-19/h1-18H/b13-10+,22-18-. The molecule has 2 heteroatoms. The molecule has 0 atom stereocenters. The first-order valence-electron chi connectivity index (χ1n) is 8.09. The topological polar surface area (TPSA) is 17.1 Å². The molecule has 0 radical (unpaired) electrons. The van der Waals surface area contributed by atoms with Crippen molar-refractivity contribution in [3.63, 3.8) is 0 Å². The molecule has 0 bridgehead atoms. The second-order valence-corrected chi connectivity index (χ2v) is 7.75. The summed E-state index contributed by atoms with van der Waals surface area (Å²) in [6.45, 7) is 0. The Morgan fingerprint density at radius 3 is 1.92 bits per heavy atom.